The highest BCUT2D eigenvalue weighted by Crippen LogP contribution is 2.36. The third-order valence-electron chi connectivity index (χ3n) is 4.78. The lowest BCUT2D eigenvalue weighted by Gasteiger charge is -2.21. The minimum Gasteiger partial charge on any atom is -0.481 e. The van der Waals surface area contributed by atoms with Gasteiger partial charge in [-0.05, 0) is 70.0 Å². The van der Waals surface area contributed by atoms with Crippen LogP contribution in [0.15, 0.2) is 42.5 Å². The molecule has 2 heteroatoms. The van der Waals surface area contributed by atoms with Crippen molar-refractivity contribution in [2.75, 3.05) is 0 Å². The van der Waals surface area contributed by atoms with E-state index in [2.05, 4.69) is 36.4 Å². The van der Waals surface area contributed by atoms with Crippen LogP contribution in [0, 0.1) is 0 Å². The maximum Gasteiger partial charge on any atom is 0.307 e. The van der Waals surface area contributed by atoms with Gasteiger partial charge in [0.05, 0.1) is 6.42 Å². The Kier molecular flexibility index (Phi) is 3.11. The molecule has 0 bridgehead atoms. The zero-order valence-electron chi connectivity index (χ0n) is 12.4. The predicted octanol–water partition coefficient (Wildman–Crippen LogP) is 4.50. The highest BCUT2D eigenvalue weighted by molar-refractivity contribution is 6.11. The maximum atomic E-state index is 11.3. The summed E-state index contributed by atoms with van der Waals surface area (Å²) in [5, 5.41) is 14.0. The van der Waals surface area contributed by atoms with Gasteiger partial charge in [0.1, 0.15) is 0 Å². The van der Waals surface area contributed by atoms with Crippen LogP contribution in [-0.4, -0.2) is 11.1 Å². The number of aliphatic carboxylic acids is 1. The molecule has 4 rings (SSSR count). The number of hydrogen-bond donors (Lipinski definition) is 1. The van der Waals surface area contributed by atoms with Crippen molar-refractivity contribution >= 4 is 27.5 Å². The van der Waals surface area contributed by atoms with Gasteiger partial charge >= 0.3 is 5.97 Å². The van der Waals surface area contributed by atoms with Crippen LogP contribution >= 0.6 is 0 Å². The van der Waals surface area contributed by atoms with Gasteiger partial charge in [-0.1, -0.05) is 36.4 Å². The van der Waals surface area contributed by atoms with Crippen LogP contribution in [0.2, 0.25) is 0 Å². The predicted molar refractivity (Wildman–Crippen MR) is 89.4 cm³/mol. The fraction of sp³-hybridized carbons (Fsp3) is 0.250. The lowest BCUT2D eigenvalue weighted by Crippen LogP contribution is -2.07. The first-order chi connectivity index (χ1) is 10.7. The lowest BCUT2D eigenvalue weighted by atomic mass is 9.84. The van der Waals surface area contributed by atoms with Crippen LogP contribution in [0.4, 0.5) is 0 Å². The molecule has 1 N–H and O–H groups in total. The van der Waals surface area contributed by atoms with E-state index in [1.807, 2.05) is 6.07 Å². The average Bonchev–Trinajstić information content (AvgIpc) is 2.54. The van der Waals surface area contributed by atoms with E-state index in [0.29, 0.717) is 0 Å². The Morgan fingerprint density at radius 1 is 1.00 bits per heavy atom. The summed E-state index contributed by atoms with van der Waals surface area (Å²) in [7, 11) is 0. The number of carboxylic acid groups (broad SMARTS) is 1. The molecule has 0 fully saturated rings. The Hall–Kier alpha value is -2.35. The van der Waals surface area contributed by atoms with Crippen LogP contribution < -0.4 is 0 Å². The first-order valence-corrected chi connectivity index (χ1v) is 7.91. The Bertz CT molecular complexity index is 893. The van der Waals surface area contributed by atoms with E-state index < -0.39 is 5.97 Å². The van der Waals surface area contributed by atoms with Crippen molar-refractivity contribution in [2.45, 2.75) is 32.1 Å². The molecule has 1 aliphatic rings. The van der Waals surface area contributed by atoms with Crippen LogP contribution in [0.1, 0.15) is 29.5 Å². The third kappa shape index (κ3) is 2.07. The van der Waals surface area contributed by atoms with Gasteiger partial charge in [0.15, 0.2) is 0 Å². The molecule has 22 heavy (non-hydrogen) atoms. The number of carbonyl (C=O) groups is 1. The topological polar surface area (TPSA) is 37.3 Å². The molecule has 0 amide bonds. The molecule has 0 heterocycles. The molecule has 0 saturated heterocycles. The number of rotatable bonds is 2. The van der Waals surface area contributed by atoms with Crippen molar-refractivity contribution in [3.8, 4) is 0 Å². The number of benzene rings is 3. The van der Waals surface area contributed by atoms with Gasteiger partial charge in [0, 0.05) is 0 Å². The molecule has 0 radical (unpaired) electrons. The minimum absolute atomic E-state index is 0.0950. The summed E-state index contributed by atoms with van der Waals surface area (Å²) in [4.78, 5) is 11.3. The smallest absolute Gasteiger partial charge is 0.307 e. The largest absolute Gasteiger partial charge is 0.481 e. The Labute approximate surface area is 129 Å². The van der Waals surface area contributed by atoms with Crippen LogP contribution in [0.3, 0.4) is 0 Å². The molecule has 0 aliphatic heterocycles. The molecule has 0 spiro atoms. The van der Waals surface area contributed by atoms with Crippen molar-refractivity contribution in [2.24, 2.45) is 0 Å². The summed E-state index contributed by atoms with van der Waals surface area (Å²) in [6.07, 6.45) is 4.71. The molecule has 3 aromatic carbocycles. The van der Waals surface area contributed by atoms with Crippen molar-refractivity contribution in [1.29, 1.82) is 0 Å². The minimum atomic E-state index is -0.759. The fourth-order valence-electron chi connectivity index (χ4n) is 3.85. The van der Waals surface area contributed by atoms with Crippen molar-refractivity contribution in [3.63, 3.8) is 0 Å². The fourth-order valence-corrected chi connectivity index (χ4v) is 3.85. The van der Waals surface area contributed by atoms with Gasteiger partial charge in [-0.15, -0.1) is 0 Å². The summed E-state index contributed by atoms with van der Waals surface area (Å²) in [5.41, 5.74) is 3.74. The van der Waals surface area contributed by atoms with Crippen molar-refractivity contribution in [1.82, 2.24) is 0 Å². The van der Waals surface area contributed by atoms with Crippen molar-refractivity contribution in [3.05, 3.63) is 59.2 Å². The molecule has 2 nitrogen and oxygen atoms in total. The highest BCUT2D eigenvalue weighted by atomic mass is 16.4. The van der Waals surface area contributed by atoms with Gasteiger partial charge in [0.25, 0.3) is 0 Å². The Morgan fingerprint density at radius 2 is 1.82 bits per heavy atom. The molecule has 3 aromatic rings. The second kappa shape index (κ2) is 5.13. The summed E-state index contributed by atoms with van der Waals surface area (Å²) in [6, 6.07) is 14.8. The van der Waals surface area contributed by atoms with Gasteiger partial charge in [0.2, 0.25) is 0 Å². The Balaban J connectivity index is 2.14. The summed E-state index contributed by atoms with van der Waals surface area (Å²) < 4.78 is 0. The molecule has 0 saturated carbocycles. The van der Waals surface area contributed by atoms with E-state index >= 15 is 0 Å². The standard InChI is InChI=1S/C20H18O2/c21-19(22)12-15-11-14-6-2-3-7-16(14)18-10-9-13-5-1-4-8-17(13)20(15)18/h2-3,6-7,9-11H,1,4-5,8,12H2,(H,21,22). The molecule has 110 valence electrons. The maximum absolute atomic E-state index is 11.3. The summed E-state index contributed by atoms with van der Waals surface area (Å²) in [5.74, 6) is -0.759. The molecule has 0 aromatic heterocycles. The molecule has 1 aliphatic carbocycles. The quantitative estimate of drug-likeness (QED) is 0.706. The van der Waals surface area contributed by atoms with Gasteiger partial charge < -0.3 is 5.11 Å². The average molecular weight is 290 g/mol. The number of hydrogen-bond acceptors (Lipinski definition) is 1. The van der Waals surface area contributed by atoms with E-state index in [-0.39, 0.29) is 6.42 Å². The summed E-state index contributed by atoms with van der Waals surface area (Å²) >= 11 is 0. The molecule has 0 unspecified atom stereocenters. The van der Waals surface area contributed by atoms with Gasteiger partial charge in [-0.25, -0.2) is 0 Å². The second-order valence-corrected chi connectivity index (χ2v) is 6.16. The van der Waals surface area contributed by atoms with Gasteiger partial charge in [-0.2, -0.15) is 0 Å². The van der Waals surface area contributed by atoms with Crippen LogP contribution in [-0.2, 0) is 24.1 Å². The van der Waals surface area contributed by atoms with Crippen molar-refractivity contribution < 1.29 is 9.90 Å². The molecular weight excluding hydrogens is 272 g/mol. The first kappa shape index (κ1) is 13.3. The zero-order valence-corrected chi connectivity index (χ0v) is 12.4. The van der Waals surface area contributed by atoms with Gasteiger partial charge in [-0.3, -0.25) is 4.79 Å². The molecule has 0 atom stereocenters. The normalized spacial score (nSPS) is 14.2. The Morgan fingerprint density at radius 3 is 2.68 bits per heavy atom. The SMILES string of the molecule is O=C(O)Cc1cc2ccccc2c2ccc3c(c12)CCCC3. The van der Waals surface area contributed by atoms with E-state index in [1.165, 1.54) is 40.1 Å². The first-order valence-electron chi connectivity index (χ1n) is 7.91. The number of aryl methyl sites for hydroxylation is 2. The van der Waals surface area contributed by atoms with E-state index in [1.54, 1.807) is 0 Å². The molecular formula is C20H18O2. The van der Waals surface area contributed by atoms with E-state index in [4.69, 9.17) is 0 Å². The highest BCUT2D eigenvalue weighted by Gasteiger charge is 2.17. The number of fused-ring (bicyclic) bond motifs is 5. The second-order valence-electron chi connectivity index (χ2n) is 6.16. The van der Waals surface area contributed by atoms with E-state index in [9.17, 15) is 9.90 Å². The lowest BCUT2D eigenvalue weighted by molar-refractivity contribution is -0.136. The summed E-state index contributed by atoms with van der Waals surface area (Å²) in [6.45, 7) is 0. The van der Waals surface area contributed by atoms with Crippen LogP contribution in [0.5, 0.6) is 0 Å². The van der Waals surface area contributed by atoms with Crippen LogP contribution in [0.25, 0.3) is 21.5 Å². The monoisotopic (exact) mass is 290 g/mol. The third-order valence-corrected chi connectivity index (χ3v) is 4.78. The van der Waals surface area contributed by atoms with E-state index in [0.717, 1.165) is 23.8 Å². The number of carboxylic acids is 1. The zero-order chi connectivity index (χ0) is 15.1.